The van der Waals surface area contributed by atoms with Crippen LogP contribution in [0.3, 0.4) is 0 Å². The molecule has 1 aliphatic carbocycles. The topological polar surface area (TPSA) is 65.8 Å². The van der Waals surface area contributed by atoms with Crippen LogP contribution in [0.2, 0.25) is 0 Å². The van der Waals surface area contributed by atoms with E-state index in [0.717, 1.165) is 82.6 Å². The molecule has 2 saturated heterocycles. The first kappa shape index (κ1) is 19.5. The Morgan fingerprint density at radius 3 is 2.54 bits per heavy atom. The summed E-state index contributed by atoms with van der Waals surface area (Å²) in [4.78, 5) is 29.4. The molecule has 6 heteroatoms. The monoisotopic (exact) mass is 387 g/mol. The van der Waals surface area contributed by atoms with Crippen molar-refractivity contribution in [3.05, 3.63) is 23.7 Å². The highest BCUT2D eigenvalue weighted by Gasteiger charge is 2.37. The molecule has 0 aromatic carbocycles. The molecule has 1 aromatic rings. The normalized spacial score (nSPS) is 24.3. The smallest absolute Gasteiger partial charge is 0.225 e. The lowest BCUT2D eigenvalue weighted by Gasteiger charge is -2.42. The van der Waals surface area contributed by atoms with Crippen molar-refractivity contribution in [3.63, 3.8) is 0 Å². The average Bonchev–Trinajstić information content (AvgIpc) is 3.49. The largest absolute Gasteiger partial charge is 0.466 e. The van der Waals surface area contributed by atoms with Gasteiger partial charge in [-0.25, -0.2) is 0 Å². The van der Waals surface area contributed by atoms with E-state index in [9.17, 15) is 9.59 Å². The number of aryl methyl sites for hydroxylation is 1. The van der Waals surface area contributed by atoms with Gasteiger partial charge in [0.2, 0.25) is 11.8 Å². The van der Waals surface area contributed by atoms with Gasteiger partial charge in [0.25, 0.3) is 0 Å². The number of piperidine rings is 2. The molecule has 4 rings (SSSR count). The molecule has 3 aliphatic rings. The molecule has 1 N–H and O–H groups in total. The molecule has 1 aromatic heterocycles. The predicted octanol–water partition coefficient (Wildman–Crippen LogP) is 2.36. The molecule has 154 valence electrons. The van der Waals surface area contributed by atoms with Gasteiger partial charge in [0.05, 0.1) is 5.92 Å². The summed E-state index contributed by atoms with van der Waals surface area (Å²) in [5.74, 6) is 2.79. The Bertz CT molecular complexity index is 689. The fourth-order valence-corrected chi connectivity index (χ4v) is 4.66. The van der Waals surface area contributed by atoms with Crippen molar-refractivity contribution in [2.75, 3.05) is 32.7 Å². The van der Waals surface area contributed by atoms with Gasteiger partial charge in [-0.3, -0.25) is 14.5 Å². The second kappa shape index (κ2) is 8.68. The summed E-state index contributed by atoms with van der Waals surface area (Å²) in [6, 6.07) is 4.45. The highest BCUT2D eigenvalue weighted by atomic mass is 16.3. The van der Waals surface area contributed by atoms with Gasteiger partial charge < -0.3 is 14.6 Å². The van der Waals surface area contributed by atoms with Crippen molar-refractivity contribution >= 4 is 11.8 Å². The third-order valence-corrected chi connectivity index (χ3v) is 6.51. The molecule has 0 radical (unpaired) electrons. The quantitative estimate of drug-likeness (QED) is 0.814. The van der Waals surface area contributed by atoms with Crippen molar-refractivity contribution < 1.29 is 14.0 Å². The summed E-state index contributed by atoms with van der Waals surface area (Å²) in [7, 11) is 0. The number of hydrogen-bond acceptors (Lipinski definition) is 4. The Hall–Kier alpha value is -1.82. The van der Waals surface area contributed by atoms with E-state index in [0.29, 0.717) is 24.4 Å². The lowest BCUT2D eigenvalue weighted by Crippen LogP contribution is -2.51. The molecule has 28 heavy (non-hydrogen) atoms. The fourth-order valence-electron chi connectivity index (χ4n) is 4.66. The zero-order chi connectivity index (χ0) is 19.5. The van der Waals surface area contributed by atoms with Crippen LogP contribution in [0.5, 0.6) is 0 Å². The van der Waals surface area contributed by atoms with E-state index in [-0.39, 0.29) is 11.8 Å². The molecule has 3 heterocycles. The maximum Gasteiger partial charge on any atom is 0.225 e. The maximum absolute atomic E-state index is 12.6. The fraction of sp³-hybridized carbons (Fsp3) is 0.727. The zero-order valence-corrected chi connectivity index (χ0v) is 17.0. The van der Waals surface area contributed by atoms with E-state index in [1.165, 1.54) is 0 Å². The van der Waals surface area contributed by atoms with Gasteiger partial charge in [0.1, 0.15) is 11.5 Å². The Morgan fingerprint density at radius 2 is 1.86 bits per heavy atom. The number of amides is 2. The molecule has 1 unspecified atom stereocenters. The van der Waals surface area contributed by atoms with E-state index in [2.05, 4.69) is 15.1 Å². The van der Waals surface area contributed by atoms with E-state index in [1.807, 2.05) is 19.1 Å². The van der Waals surface area contributed by atoms with Gasteiger partial charge in [-0.2, -0.15) is 0 Å². The van der Waals surface area contributed by atoms with Crippen molar-refractivity contribution in [1.29, 1.82) is 0 Å². The van der Waals surface area contributed by atoms with Crippen LogP contribution in [0, 0.1) is 18.8 Å². The average molecular weight is 388 g/mol. The third kappa shape index (κ3) is 4.77. The van der Waals surface area contributed by atoms with Gasteiger partial charge in [-0.05, 0) is 64.1 Å². The molecule has 3 fully saturated rings. The summed E-state index contributed by atoms with van der Waals surface area (Å²) in [5, 5.41) is 3.10. The van der Waals surface area contributed by atoms with Crippen molar-refractivity contribution in [1.82, 2.24) is 15.1 Å². The molecular formula is C22H33N3O3. The molecule has 0 spiro atoms. The summed E-state index contributed by atoms with van der Waals surface area (Å²) in [6.07, 6.45) is 7.05. The zero-order valence-electron chi connectivity index (χ0n) is 17.0. The van der Waals surface area contributed by atoms with Gasteiger partial charge in [0.15, 0.2) is 0 Å². The van der Waals surface area contributed by atoms with Crippen LogP contribution in [0.15, 0.2) is 16.5 Å². The summed E-state index contributed by atoms with van der Waals surface area (Å²) in [6.45, 7) is 6.27. The first-order chi connectivity index (χ1) is 13.6. The van der Waals surface area contributed by atoms with Gasteiger partial charge >= 0.3 is 0 Å². The number of carbonyl (C=O) groups is 2. The lowest BCUT2D eigenvalue weighted by atomic mass is 9.93. The van der Waals surface area contributed by atoms with Crippen LogP contribution < -0.4 is 5.32 Å². The predicted molar refractivity (Wildman–Crippen MR) is 107 cm³/mol. The van der Waals surface area contributed by atoms with Crippen molar-refractivity contribution in [2.24, 2.45) is 11.8 Å². The van der Waals surface area contributed by atoms with Gasteiger partial charge in [-0.1, -0.05) is 0 Å². The molecule has 2 aliphatic heterocycles. The van der Waals surface area contributed by atoms with Crippen molar-refractivity contribution in [2.45, 2.75) is 57.9 Å². The standard InChI is InChI=1S/C22H33N3O3/c1-16-4-7-20(28-16)8-11-23-21(26)18-3-2-12-25(15-18)19-9-13-24(14-10-19)22(27)17-5-6-17/h4,7,17-19H,2-3,5-6,8-15H2,1H3,(H,23,26). The Kier molecular flexibility index (Phi) is 6.04. The number of nitrogens with one attached hydrogen (secondary N) is 1. The summed E-state index contributed by atoms with van der Waals surface area (Å²) in [5.41, 5.74) is 0. The molecule has 1 saturated carbocycles. The van der Waals surface area contributed by atoms with Crippen LogP contribution in [0.25, 0.3) is 0 Å². The summed E-state index contributed by atoms with van der Waals surface area (Å²) >= 11 is 0. The van der Waals surface area contributed by atoms with Gasteiger partial charge in [-0.15, -0.1) is 0 Å². The minimum Gasteiger partial charge on any atom is -0.466 e. The Morgan fingerprint density at radius 1 is 1.07 bits per heavy atom. The number of nitrogens with zero attached hydrogens (tertiary/aromatic N) is 2. The Labute approximate surface area is 167 Å². The number of hydrogen-bond donors (Lipinski definition) is 1. The minimum atomic E-state index is 0.0817. The SMILES string of the molecule is Cc1ccc(CCNC(=O)C2CCCN(C3CCN(C(=O)C4CC4)CC3)C2)o1. The van der Waals surface area contributed by atoms with Crippen LogP contribution in [-0.4, -0.2) is 60.4 Å². The molecule has 2 amide bonds. The molecule has 6 nitrogen and oxygen atoms in total. The molecular weight excluding hydrogens is 354 g/mol. The number of carbonyl (C=O) groups excluding carboxylic acids is 2. The van der Waals surface area contributed by atoms with Crippen LogP contribution in [0.1, 0.15) is 50.0 Å². The molecule has 0 bridgehead atoms. The first-order valence-electron chi connectivity index (χ1n) is 11.0. The van der Waals surface area contributed by atoms with Crippen molar-refractivity contribution in [3.8, 4) is 0 Å². The van der Waals surface area contributed by atoms with Crippen LogP contribution >= 0.6 is 0 Å². The highest BCUT2D eigenvalue weighted by molar-refractivity contribution is 5.81. The third-order valence-electron chi connectivity index (χ3n) is 6.51. The first-order valence-corrected chi connectivity index (χ1v) is 11.0. The van der Waals surface area contributed by atoms with E-state index >= 15 is 0 Å². The van der Waals surface area contributed by atoms with E-state index in [4.69, 9.17) is 4.42 Å². The maximum atomic E-state index is 12.6. The second-order valence-electron chi connectivity index (χ2n) is 8.72. The highest BCUT2D eigenvalue weighted by Crippen LogP contribution is 2.32. The number of rotatable bonds is 6. The lowest BCUT2D eigenvalue weighted by molar-refractivity contribution is -0.134. The minimum absolute atomic E-state index is 0.0817. The molecule has 1 atom stereocenters. The van der Waals surface area contributed by atoms with Crippen LogP contribution in [0.4, 0.5) is 0 Å². The van der Waals surface area contributed by atoms with E-state index in [1.54, 1.807) is 0 Å². The van der Waals surface area contributed by atoms with E-state index < -0.39 is 0 Å². The number of likely N-dealkylation sites (tertiary alicyclic amines) is 2. The summed E-state index contributed by atoms with van der Waals surface area (Å²) < 4.78 is 5.56. The van der Waals surface area contributed by atoms with Crippen LogP contribution in [-0.2, 0) is 16.0 Å². The van der Waals surface area contributed by atoms with Gasteiger partial charge in [0, 0.05) is 44.6 Å². The Balaban J connectivity index is 1.20. The number of furan rings is 1. The second-order valence-corrected chi connectivity index (χ2v) is 8.72.